The van der Waals surface area contributed by atoms with Crippen LogP contribution in [0.3, 0.4) is 0 Å². The first-order valence-corrected chi connectivity index (χ1v) is 6.91. The number of hydrogen-bond acceptors (Lipinski definition) is 3. The van der Waals surface area contributed by atoms with Crippen molar-refractivity contribution in [3.63, 3.8) is 0 Å². The van der Waals surface area contributed by atoms with Crippen LogP contribution in [-0.2, 0) is 17.8 Å². The van der Waals surface area contributed by atoms with E-state index >= 15 is 0 Å². The van der Waals surface area contributed by atoms with Crippen molar-refractivity contribution >= 4 is 5.91 Å². The Morgan fingerprint density at radius 2 is 2.30 bits per heavy atom. The van der Waals surface area contributed by atoms with Gasteiger partial charge >= 0.3 is 0 Å². The molecule has 0 bridgehead atoms. The van der Waals surface area contributed by atoms with Gasteiger partial charge < -0.3 is 4.90 Å². The number of fused-ring (bicyclic) bond motifs is 1. The summed E-state index contributed by atoms with van der Waals surface area (Å²) < 4.78 is 1.69. The molecule has 104 valence electrons. The zero-order valence-corrected chi connectivity index (χ0v) is 11.6. The number of aryl methyl sites for hydroxylation is 2. The maximum Gasteiger partial charge on any atom is 0.224 e. The van der Waals surface area contributed by atoms with Gasteiger partial charge in [-0.3, -0.25) is 9.48 Å². The van der Waals surface area contributed by atoms with Gasteiger partial charge in [0.15, 0.2) is 0 Å². The summed E-state index contributed by atoms with van der Waals surface area (Å²) >= 11 is 0. The molecule has 0 fully saturated rings. The van der Waals surface area contributed by atoms with Crippen LogP contribution < -0.4 is 0 Å². The van der Waals surface area contributed by atoms with Crippen LogP contribution >= 0.6 is 0 Å². The zero-order valence-electron chi connectivity index (χ0n) is 11.6. The third kappa shape index (κ3) is 2.43. The molecule has 20 heavy (non-hydrogen) atoms. The highest BCUT2D eigenvalue weighted by molar-refractivity contribution is 5.76. The van der Waals surface area contributed by atoms with Crippen LogP contribution in [0.4, 0.5) is 0 Å². The van der Waals surface area contributed by atoms with Gasteiger partial charge in [0.1, 0.15) is 12.7 Å². The second kappa shape index (κ2) is 5.45. The molecular formula is C15H18N4O. The number of nitrogens with zero attached hydrogens (tertiary/aromatic N) is 4. The number of carbonyl (C=O) groups excluding carboxylic acids is 1. The van der Waals surface area contributed by atoms with Crippen molar-refractivity contribution < 1.29 is 4.79 Å². The van der Waals surface area contributed by atoms with Gasteiger partial charge in [0, 0.05) is 13.5 Å². The van der Waals surface area contributed by atoms with Crippen LogP contribution in [0, 0.1) is 0 Å². The van der Waals surface area contributed by atoms with E-state index in [9.17, 15) is 4.79 Å². The molecule has 1 amide bonds. The first-order valence-electron chi connectivity index (χ1n) is 6.91. The smallest absolute Gasteiger partial charge is 0.224 e. The SMILES string of the molecule is CN(C(=O)CCn1cncn1)[C@@H]1CCc2ccccc21. The third-order valence-corrected chi connectivity index (χ3v) is 3.98. The number of hydrogen-bond donors (Lipinski definition) is 0. The predicted octanol–water partition coefficient (Wildman–Crippen LogP) is 1.81. The highest BCUT2D eigenvalue weighted by Crippen LogP contribution is 2.34. The van der Waals surface area contributed by atoms with Crippen LogP contribution in [0.25, 0.3) is 0 Å². The molecule has 0 unspecified atom stereocenters. The van der Waals surface area contributed by atoms with Crippen LogP contribution in [0.5, 0.6) is 0 Å². The molecule has 2 aromatic rings. The highest BCUT2D eigenvalue weighted by atomic mass is 16.2. The monoisotopic (exact) mass is 270 g/mol. The third-order valence-electron chi connectivity index (χ3n) is 3.98. The van der Waals surface area contributed by atoms with E-state index in [1.807, 2.05) is 18.0 Å². The van der Waals surface area contributed by atoms with Crippen molar-refractivity contribution in [1.29, 1.82) is 0 Å². The lowest BCUT2D eigenvalue weighted by Gasteiger charge is -2.25. The van der Waals surface area contributed by atoms with Crippen molar-refractivity contribution in [2.75, 3.05) is 7.05 Å². The van der Waals surface area contributed by atoms with E-state index in [1.54, 1.807) is 11.0 Å². The second-order valence-corrected chi connectivity index (χ2v) is 5.17. The lowest BCUT2D eigenvalue weighted by Crippen LogP contribution is -2.30. The Morgan fingerprint density at radius 1 is 1.45 bits per heavy atom. The standard InChI is InChI=1S/C15H18N4O/c1-18(15(20)8-9-19-11-16-10-17-19)14-7-6-12-4-2-3-5-13(12)14/h2-5,10-11,14H,6-9H2,1H3/t14-/m1/s1. The van der Waals surface area contributed by atoms with E-state index in [4.69, 9.17) is 0 Å². The van der Waals surface area contributed by atoms with Crippen LogP contribution in [0.15, 0.2) is 36.9 Å². The van der Waals surface area contributed by atoms with Gasteiger partial charge in [-0.15, -0.1) is 0 Å². The summed E-state index contributed by atoms with van der Waals surface area (Å²) in [6.45, 7) is 0.581. The minimum atomic E-state index is 0.155. The van der Waals surface area contributed by atoms with Gasteiger partial charge in [-0.05, 0) is 24.0 Å². The van der Waals surface area contributed by atoms with Crippen molar-refractivity contribution in [2.24, 2.45) is 0 Å². The average molecular weight is 270 g/mol. The van der Waals surface area contributed by atoms with E-state index in [-0.39, 0.29) is 11.9 Å². The molecule has 0 spiro atoms. The normalized spacial score (nSPS) is 16.9. The fraction of sp³-hybridized carbons (Fsp3) is 0.400. The van der Waals surface area contributed by atoms with Gasteiger partial charge in [-0.25, -0.2) is 4.98 Å². The highest BCUT2D eigenvalue weighted by Gasteiger charge is 2.27. The van der Waals surface area contributed by atoms with Gasteiger partial charge in [0.25, 0.3) is 0 Å². The quantitative estimate of drug-likeness (QED) is 0.851. The van der Waals surface area contributed by atoms with Crippen molar-refractivity contribution in [1.82, 2.24) is 19.7 Å². The number of carbonyl (C=O) groups is 1. The molecule has 0 aliphatic heterocycles. The summed E-state index contributed by atoms with van der Waals surface area (Å²) in [5.41, 5.74) is 2.66. The van der Waals surface area contributed by atoms with E-state index < -0.39 is 0 Å². The summed E-state index contributed by atoms with van der Waals surface area (Å²) in [7, 11) is 1.90. The molecule has 1 heterocycles. The van der Waals surface area contributed by atoms with Crippen molar-refractivity contribution in [3.05, 3.63) is 48.0 Å². The summed E-state index contributed by atoms with van der Waals surface area (Å²) in [6, 6.07) is 8.62. The Bertz CT molecular complexity index is 594. The Balaban J connectivity index is 1.64. The molecule has 0 saturated heterocycles. The molecule has 1 aliphatic rings. The van der Waals surface area contributed by atoms with Gasteiger partial charge in [0.05, 0.1) is 12.6 Å². The first-order chi connectivity index (χ1) is 9.75. The predicted molar refractivity (Wildman–Crippen MR) is 74.9 cm³/mol. The fourth-order valence-electron chi connectivity index (χ4n) is 2.85. The summed E-state index contributed by atoms with van der Waals surface area (Å²) in [4.78, 5) is 18.1. The minimum Gasteiger partial charge on any atom is -0.339 e. The maximum absolute atomic E-state index is 12.3. The Labute approximate surface area is 118 Å². The Kier molecular flexibility index (Phi) is 3.50. The second-order valence-electron chi connectivity index (χ2n) is 5.17. The lowest BCUT2D eigenvalue weighted by molar-refractivity contribution is -0.132. The number of benzene rings is 1. The van der Waals surface area contributed by atoms with Crippen molar-refractivity contribution in [2.45, 2.75) is 31.8 Å². The van der Waals surface area contributed by atoms with E-state index in [0.29, 0.717) is 13.0 Å². The number of amides is 1. The van der Waals surface area contributed by atoms with Crippen molar-refractivity contribution in [3.8, 4) is 0 Å². The minimum absolute atomic E-state index is 0.155. The van der Waals surface area contributed by atoms with E-state index in [1.165, 1.54) is 17.5 Å². The molecule has 0 saturated carbocycles. The van der Waals surface area contributed by atoms with Crippen LogP contribution in [0.1, 0.15) is 30.0 Å². The summed E-state index contributed by atoms with van der Waals surface area (Å²) in [6.07, 6.45) is 5.66. The summed E-state index contributed by atoms with van der Waals surface area (Å²) in [5.74, 6) is 0.155. The largest absolute Gasteiger partial charge is 0.339 e. The molecule has 0 N–H and O–H groups in total. The van der Waals surface area contributed by atoms with Gasteiger partial charge in [-0.2, -0.15) is 5.10 Å². The fourth-order valence-corrected chi connectivity index (χ4v) is 2.85. The van der Waals surface area contributed by atoms with Gasteiger partial charge in [0.2, 0.25) is 5.91 Å². The molecule has 1 aromatic carbocycles. The molecule has 1 aliphatic carbocycles. The molecule has 0 radical (unpaired) electrons. The number of aromatic nitrogens is 3. The molecule has 5 nitrogen and oxygen atoms in total. The maximum atomic E-state index is 12.3. The van der Waals surface area contributed by atoms with Gasteiger partial charge in [-0.1, -0.05) is 24.3 Å². The molecular weight excluding hydrogens is 252 g/mol. The lowest BCUT2D eigenvalue weighted by atomic mass is 10.1. The first kappa shape index (κ1) is 12.8. The van der Waals surface area contributed by atoms with Crippen LogP contribution in [-0.4, -0.2) is 32.6 Å². The average Bonchev–Trinajstić information content (AvgIpc) is 3.13. The molecule has 5 heteroatoms. The Morgan fingerprint density at radius 3 is 3.10 bits per heavy atom. The molecule has 3 rings (SSSR count). The zero-order chi connectivity index (χ0) is 13.9. The van der Waals surface area contributed by atoms with E-state index in [2.05, 4.69) is 28.3 Å². The van der Waals surface area contributed by atoms with E-state index in [0.717, 1.165) is 12.8 Å². The Hall–Kier alpha value is -2.17. The number of rotatable bonds is 4. The summed E-state index contributed by atoms with van der Waals surface area (Å²) in [5, 5.41) is 4.02. The molecule has 1 atom stereocenters. The topological polar surface area (TPSA) is 51.0 Å². The van der Waals surface area contributed by atoms with Crippen LogP contribution in [0.2, 0.25) is 0 Å². The molecule has 1 aromatic heterocycles.